The normalized spacial score (nSPS) is 14.5. The smallest absolute Gasteiger partial charge is 0.259 e. The predicted molar refractivity (Wildman–Crippen MR) is 127 cm³/mol. The van der Waals surface area contributed by atoms with E-state index in [0.717, 1.165) is 19.3 Å². The van der Waals surface area contributed by atoms with E-state index in [0.29, 0.717) is 35.9 Å². The zero-order chi connectivity index (χ0) is 23.3. The van der Waals surface area contributed by atoms with Gasteiger partial charge in [-0.3, -0.25) is 4.79 Å². The topological polar surface area (TPSA) is 84.9 Å². The van der Waals surface area contributed by atoms with E-state index in [1.807, 2.05) is 18.2 Å². The van der Waals surface area contributed by atoms with Crippen molar-refractivity contribution in [3.63, 3.8) is 0 Å². The van der Waals surface area contributed by atoms with Crippen LogP contribution in [0.25, 0.3) is 0 Å². The molecule has 0 bridgehead atoms. The first kappa shape index (κ1) is 22.8. The second-order valence-electron chi connectivity index (χ2n) is 7.69. The van der Waals surface area contributed by atoms with Crippen LogP contribution in [0.1, 0.15) is 29.6 Å². The first-order valence-electron chi connectivity index (χ1n) is 10.8. The number of amides is 1. The Morgan fingerprint density at radius 3 is 2.30 bits per heavy atom. The molecule has 1 heterocycles. The molecule has 0 saturated carbocycles. The van der Waals surface area contributed by atoms with Gasteiger partial charge >= 0.3 is 0 Å². The highest BCUT2D eigenvalue weighted by Crippen LogP contribution is 2.32. The fourth-order valence-corrected chi connectivity index (χ4v) is 5.29. The van der Waals surface area contributed by atoms with Crippen LogP contribution in [0.4, 0.5) is 5.69 Å². The van der Waals surface area contributed by atoms with Crippen molar-refractivity contribution in [1.82, 2.24) is 4.31 Å². The molecule has 1 N–H and O–H groups in total. The van der Waals surface area contributed by atoms with Crippen molar-refractivity contribution in [1.29, 1.82) is 0 Å². The number of nitrogens with one attached hydrogen (secondary N) is 1. The van der Waals surface area contributed by atoms with E-state index in [1.54, 1.807) is 42.5 Å². The number of carbonyl (C=O) groups excluding carboxylic acids is 1. The fourth-order valence-electron chi connectivity index (χ4n) is 3.75. The van der Waals surface area contributed by atoms with Crippen LogP contribution in [0.5, 0.6) is 17.2 Å². The molecule has 8 heteroatoms. The SMILES string of the molecule is COc1ccc(S(=O)(=O)N2CCCCC2)cc1NC(=O)c1ccccc1Oc1ccccc1. The Bertz CT molecular complexity index is 1220. The number of hydrogen-bond acceptors (Lipinski definition) is 5. The van der Waals surface area contributed by atoms with Gasteiger partial charge in [0.05, 0.1) is 23.3 Å². The number of hydrogen-bond donors (Lipinski definition) is 1. The zero-order valence-corrected chi connectivity index (χ0v) is 19.2. The number of carbonyl (C=O) groups is 1. The summed E-state index contributed by atoms with van der Waals surface area (Å²) in [7, 11) is -2.19. The Morgan fingerprint density at radius 1 is 0.879 bits per heavy atom. The molecule has 4 rings (SSSR count). The van der Waals surface area contributed by atoms with Crippen LogP contribution in [0.15, 0.2) is 77.7 Å². The first-order chi connectivity index (χ1) is 16.0. The minimum atomic E-state index is -3.66. The van der Waals surface area contributed by atoms with E-state index in [9.17, 15) is 13.2 Å². The summed E-state index contributed by atoms with van der Waals surface area (Å²) in [6, 6.07) is 20.5. The Hall–Kier alpha value is -3.36. The van der Waals surface area contributed by atoms with E-state index in [4.69, 9.17) is 9.47 Å². The van der Waals surface area contributed by atoms with Gasteiger partial charge in [-0.25, -0.2) is 8.42 Å². The third-order valence-corrected chi connectivity index (χ3v) is 7.37. The molecule has 1 aliphatic rings. The van der Waals surface area contributed by atoms with Crippen molar-refractivity contribution in [3.8, 4) is 17.2 Å². The molecule has 3 aromatic rings. The van der Waals surface area contributed by atoms with Gasteiger partial charge in [0.15, 0.2) is 0 Å². The number of sulfonamides is 1. The van der Waals surface area contributed by atoms with Gasteiger partial charge in [0, 0.05) is 13.1 Å². The van der Waals surface area contributed by atoms with Crippen molar-refractivity contribution < 1.29 is 22.7 Å². The van der Waals surface area contributed by atoms with E-state index in [1.165, 1.54) is 23.5 Å². The van der Waals surface area contributed by atoms with E-state index >= 15 is 0 Å². The summed E-state index contributed by atoms with van der Waals surface area (Å²) < 4.78 is 39.0. The van der Waals surface area contributed by atoms with Crippen molar-refractivity contribution in [2.45, 2.75) is 24.2 Å². The quantitative estimate of drug-likeness (QED) is 0.535. The van der Waals surface area contributed by atoms with Gasteiger partial charge in [-0.1, -0.05) is 36.8 Å². The Kier molecular flexibility index (Phi) is 6.96. The lowest BCUT2D eigenvalue weighted by atomic mass is 10.1. The molecule has 0 unspecified atom stereocenters. The second-order valence-corrected chi connectivity index (χ2v) is 9.63. The highest BCUT2D eigenvalue weighted by molar-refractivity contribution is 7.89. The number of ether oxygens (including phenoxy) is 2. The molecule has 0 atom stereocenters. The fraction of sp³-hybridized carbons (Fsp3) is 0.240. The van der Waals surface area contributed by atoms with Crippen LogP contribution in [-0.2, 0) is 10.0 Å². The lowest BCUT2D eigenvalue weighted by molar-refractivity contribution is 0.102. The molecule has 1 saturated heterocycles. The molecular formula is C25H26N2O5S. The maximum atomic E-state index is 13.1. The van der Waals surface area contributed by atoms with E-state index in [-0.39, 0.29) is 10.6 Å². The summed E-state index contributed by atoms with van der Waals surface area (Å²) in [5.41, 5.74) is 0.586. The number of methoxy groups -OCH3 is 1. The molecule has 0 aromatic heterocycles. The molecule has 3 aromatic carbocycles. The molecule has 7 nitrogen and oxygen atoms in total. The van der Waals surface area contributed by atoms with Gasteiger partial charge in [0.2, 0.25) is 10.0 Å². The van der Waals surface area contributed by atoms with Gasteiger partial charge < -0.3 is 14.8 Å². The number of piperidine rings is 1. The van der Waals surface area contributed by atoms with Gasteiger partial charge in [0.25, 0.3) is 5.91 Å². The van der Waals surface area contributed by atoms with Crippen LogP contribution >= 0.6 is 0 Å². The summed E-state index contributed by atoms with van der Waals surface area (Å²) in [4.78, 5) is 13.3. The average Bonchev–Trinajstić information content (AvgIpc) is 2.85. The van der Waals surface area contributed by atoms with Gasteiger partial charge in [-0.2, -0.15) is 4.31 Å². The minimum Gasteiger partial charge on any atom is -0.495 e. The summed E-state index contributed by atoms with van der Waals surface area (Å²) in [6.45, 7) is 1.00. The highest BCUT2D eigenvalue weighted by Gasteiger charge is 2.27. The summed E-state index contributed by atoms with van der Waals surface area (Å²) in [5, 5.41) is 2.79. The summed E-state index contributed by atoms with van der Waals surface area (Å²) >= 11 is 0. The van der Waals surface area contributed by atoms with Crippen molar-refractivity contribution >= 4 is 21.6 Å². The molecule has 1 fully saturated rings. The highest BCUT2D eigenvalue weighted by atomic mass is 32.2. The number of rotatable bonds is 7. The molecule has 1 aliphatic heterocycles. The van der Waals surface area contributed by atoms with E-state index < -0.39 is 15.9 Å². The molecule has 0 radical (unpaired) electrons. The summed E-state index contributed by atoms with van der Waals surface area (Å²) in [6.07, 6.45) is 2.72. The Balaban J connectivity index is 1.61. The molecule has 1 amide bonds. The molecule has 0 aliphatic carbocycles. The van der Waals surface area contributed by atoms with E-state index in [2.05, 4.69) is 5.32 Å². The first-order valence-corrected chi connectivity index (χ1v) is 12.2. The largest absolute Gasteiger partial charge is 0.495 e. The van der Waals surface area contributed by atoms with Gasteiger partial charge in [-0.15, -0.1) is 0 Å². The van der Waals surface area contributed by atoms with Gasteiger partial charge in [-0.05, 0) is 55.3 Å². The number of benzene rings is 3. The minimum absolute atomic E-state index is 0.120. The van der Waals surface area contributed by atoms with Crippen LogP contribution in [-0.4, -0.2) is 38.8 Å². The Morgan fingerprint density at radius 2 is 1.58 bits per heavy atom. The number of anilines is 1. The maximum Gasteiger partial charge on any atom is 0.259 e. The average molecular weight is 467 g/mol. The van der Waals surface area contributed by atoms with Crippen molar-refractivity contribution in [2.24, 2.45) is 0 Å². The van der Waals surface area contributed by atoms with Crippen LogP contribution < -0.4 is 14.8 Å². The lowest BCUT2D eigenvalue weighted by Gasteiger charge is -2.26. The third-order valence-electron chi connectivity index (χ3n) is 5.47. The Labute approximate surface area is 194 Å². The van der Waals surface area contributed by atoms with Crippen molar-refractivity contribution in [3.05, 3.63) is 78.4 Å². The number of nitrogens with zero attached hydrogens (tertiary/aromatic N) is 1. The lowest BCUT2D eigenvalue weighted by Crippen LogP contribution is -2.35. The zero-order valence-electron chi connectivity index (χ0n) is 18.4. The monoisotopic (exact) mass is 466 g/mol. The standard InChI is InChI=1S/C25H26N2O5S/c1-31-24-15-14-20(33(29,30)27-16-8-3-9-17-27)18-22(24)26-25(28)21-12-6-7-13-23(21)32-19-10-4-2-5-11-19/h2,4-7,10-15,18H,3,8-9,16-17H2,1H3,(H,26,28). The molecular weight excluding hydrogens is 440 g/mol. The second kappa shape index (κ2) is 10.1. The van der Waals surface area contributed by atoms with Crippen LogP contribution in [0.3, 0.4) is 0 Å². The molecule has 33 heavy (non-hydrogen) atoms. The van der Waals surface area contributed by atoms with Crippen LogP contribution in [0.2, 0.25) is 0 Å². The van der Waals surface area contributed by atoms with Gasteiger partial charge in [0.1, 0.15) is 17.2 Å². The van der Waals surface area contributed by atoms with Crippen LogP contribution in [0, 0.1) is 0 Å². The predicted octanol–water partition coefficient (Wildman–Crippen LogP) is 4.91. The summed E-state index contributed by atoms with van der Waals surface area (Å²) in [5.74, 6) is 0.914. The maximum absolute atomic E-state index is 13.1. The molecule has 0 spiro atoms. The van der Waals surface area contributed by atoms with Crippen molar-refractivity contribution in [2.75, 3.05) is 25.5 Å². The molecule has 172 valence electrons. The third kappa shape index (κ3) is 5.18. The number of para-hydroxylation sites is 2.